The van der Waals surface area contributed by atoms with E-state index in [2.05, 4.69) is 11.9 Å². The molecular formula is C5H9NS. The van der Waals surface area contributed by atoms with Crippen molar-refractivity contribution < 1.29 is 0 Å². The molecule has 0 fully saturated rings. The molecule has 1 rings (SSSR count). The van der Waals surface area contributed by atoms with Crippen LogP contribution in [0.3, 0.4) is 0 Å². The third-order valence-corrected chi connectivity index (χ3v) is 1.20. The van der Waals surface area contributed by atoms with E-state index in [4.69, 9.17) is 0 Å². The van der Waals surface area contributed by atoms with Gasteiger partial charge in [0.25, 0.3) is 0 Å². The van der Waals surface area contributed by atoms with Gasteiger partial charge in [-0.05, 0) is 5.41 Å². The maximum absolute atomic E-state index is 3.64. The zero-order valence-corrected chi connectivity index (χ0v) is 4.09. The van der Waals surface area contributed by atoms with Crippen LogP contribution in [0.25, 0.3) is 0 Å². The van der Waals surface area contributed by atoms with E-state index in [0.717, 1.165) is 5.03 Å². The molecule has 2 heteroatoms. The van der Waals surface area contributed by atoms with Crippen molar-refractivity contribution in [2.24, 2.45) is 0 Å². The average Bonchev–Trinajstić information content (AvgIpc) is 1.86. The van der Waals surface area contributed by atoms with Crippen molar-refractivity contribution in [3.05, 3.63) is 23.2 Å². The summed E-state index contributed by atoms with van der Waals surface area (Å²) in [5.74, 6) is 0. The monoisotopic (exact) mass is 115 g/mol. The van der Waals surface area contributed by atoms with E-state index in [0.29, 0.717) is 0 Å². The standard InChI is InChI=1S/C4H5NS.CH4/c1-4-5-2-3-6-4;/h2-3,5H,1H2;1H4. The highest BCUT2D eigenvalue weighted by Gasteiger charge is 1.90. The van der Waals surface area contributed by atoms with Crippen LogP contribution in [0.1, 0.15) is 7.43 Å². The maximum Gasteiger partial charge on any atom is 0.0691 e. The molecule has 1 nitrogen and oxygen atoms in total. The first-order valence-corrected chi connectivity index (χ1v) is 2.55. The Morgan fingerprint density at radius 2 is 2.43 bits per heavy atom. The van der Waals surface area contributed by atoms with Crippen LogP contribution in [0.5, 0.6) is 0 Å². The number of thioether (sulfide) groups is 1. The zero-order valence-electron chi connectivity index (χ0n) is 3.27. The summed E-state index contributed by atoms with van der Waals surface area (Å²) in [7, 11) is 0. The molecule has 0 aromatic carbocycles. The molecule has 40 valence electrons. The Morgan fingerprint density at radius 3 is 2.57 bits per heavy atom. The van der Waals surface area contributed by atoms with Crippen LogP contribution in [-0.4, -0.2) is 0 Å². The van der Waals surface area contributed by atoms with E-state index < -0.39 is 0 Å². The van der Waals surface area contributed by atoms with Gasteiger partial charge in [-0.2, -0.15) is 0 Å². The SMILES string of the molecule is C.C=C1NC=CS1. The average molecular weight is 115 g/mol. The predicted molar refractivity (Wildman–Crippen MR) is 35.7 cm³/mol. The van der Waals surface area contributed by atoms with Gasteiger partial charge in [-0.25, -0.2) is 0 Å². The summed E-state index contributed by atoms with van der Waals surface area (Å²) in [6.07, 6.45) is 1.87. The van der Waals surface area contributed by atoms with Gasteiger partial charge in [-0.15, -0.1) is 0 Å². The first kappa shape index (κ1) is 6.63. The molecule has 0 radical (unpaired) electrons. The van der Waals surface area contributed by atoms with Gasteiger partial charge in [-0.1, -0.05) is 25.8 Å². The quantitative estimate of drug-likeness (QED) is 0.517. The van der Waals surface area contributed by atoms with Crippen LogP contribution >= 0.6 is 11.8 Å². The van der Waals surface area contributed by atoms with E-state index in [1.54, 1.807) is 11.8 Å². The molecule has 1 aliphatic heterocycles. The Hall–Kier alpha value is -0.370. The van der Waals surface area contributed by atoms with Crippen molar-refractivity contribution in [1.82, 2.24) is 5.32 Å². The second-order valence-corrected chi connectivity index (χ2v) is 1.99. The molecule has 0 aromatic heterocycles. The molecule has 0 atom stereocenters. The molecule has 0 aliphatic carbocycles. The lowest BCUT2D eigenvalue weighted by Crippen LogP contribution is -1.90. The fourth-order valence-corrected chi connectivity index (χ4v) is 0.714. The van der Waals surface area contributed by atoms with E-state index in [9.17, 15) is 0 Å². The van der Waals surface area contributed by atoms with Gasteiger partial charge in [-0.3, -0.25) is 0 Å². The van der Waals surface area contributed by atoms with Gasteiger partial charge < -0.3 is 5.32 Å². The van der Waals surface area contributed by atoms with E-state index >= 15 is 0 Å². The van der Waals surface area contributed by atoms with Gasteiger partial charge in [0.05, 0.1) is 5.03 Å². The predicted octanol–water partition coefficient (Wildman–Crippen LogP) is 1.90. The molecule has 0 spiro atoms. The summed E-state index contributed by atoms with van der Waals surface area (Å²) in [5, 5.41) is 5.88. The fraction of sp³-hybridized carbons (Fsp3) is 0.200. The van der Waals surface area contributed by atoms with Crippen LogP contribution < -0.4 is 5.32 Å². The van der Waals surface area contributed by atoms with Crippen molar-refractivity contribution >= 4 is 11.8 Å². The minimum atomic E-state index is 0. The molecule has 1 aliphatic rings. The minimum absolute atomic E-state index is 0. The summed E-state index contributed by atoms with van der Waals surface area (Å²) in [6, 6.07) is 0. The van der Waals surface area contributed by atoms with Gasteiger partial charge in [0, 0.05) is 6.20 Å². The molecule has 0 unspecified atom stereocenters. The van der Waals surface area contributed by atoms with E-state index in [1.807, 2.05) is 11.6 Å². The lowest BCUT2D eigenvalue weighted by molar-refractivity contribution is 1.20. The van der Waals surface area contributed by atoms with Crippen LogP contribution in [-0.2, 0) is 0 Å². The van der Waals surface area contributed by atoms with Crippen molar-refractivity contribution in [3.63, 3.8) is 0 Å². The van der Waals surface area contributed by atoms with Crippen molar-refractivity contribution in [3.8, 4) is 0 Å². The molecule has 0 saturated carbocycles. The first-order valence-electron chi connectivity index (χ1n) is 1.67. The van der Waals surface area contributed by atoms with E-state index in [1.165, 1.54) is 0 Å². The van der Waals surface area contributed by atoms with Crippen molar-refractivity contribution in [2.45, 2.75) is 7.43 Å². The van der Waals surface area contributed by atoms with Gasteiger partial charge in [0.2, 0.25) is 0 Å². The minimum Gasteiger partial charge on any atom is -0.356 e. The third-order valence-electron chi connectivity index (χ3n) is 0.523. The molecule has 7 heavy (non-hydrogen) atoms. The summed E-state index contributed by atoms with van der Waals surface area (Å²) >= 11 is 1.61. The highest BCUT2D eigenvalue weighted by atomic mass is 32.2. The second kappa shape index (κ2) is 2.75. The van der Waals surface area contributed by atoms with Crippen LogP contribution in [0.4, 0.5) is 0 Å². The second-order valence-electron chi connectivity index (χ2n) is 0.988. The molecule has 0 bridgehead atoms. The molecule has 0 amide bonds. The third kappa shape index (κ3) is 1.69. The van der Waals surface area contributed by atoms with Crippen molar-refractivity contribution in [2.75, 3.05) is 0 Å². The summed E-state index contributed by atoms with van der Waals surface area (Å²) in [6.45, 7) is 3.64. The molecular weight excluding hydrogens is 106 g/mol. The van der Waals surface area contributed by atoms with Crippen LogP contribution in [0.2, 0.25) is 0 Å². The lowest BCUT2D eigenvalue weighted by atomic mass is 10.9. The maximum atomic E-state index is 3.64. The highest BCUT2D eigenvalue weighted by Crippen LogP contribution is 2.15. The van der Waals surface area contributed by atoms with Crippen LogP contribution in [0, 0.1) is 0 Å². The first-order chi connectivity index (χ1) is 2.89. The topological polar surface area (TPSA) is 12.0 Å². The Morgan fingerprint density at radius 1 is 1.71 bits per heavy atom. The van der Waals surface area contributed by atoms with Gasteiger partial charge in [0.1, 0.15) is 0 Å². The number of nitrogens with one attached hydrogen (secondary N) is 1. The number of rotatable bonds is 0. The number of hydrogen-bond acceptors (Lipinski definition) is 2. The Balaban J connectivity index is 0.000000360. The largest absolute Gasteiger partial charge is 0.356 e. The molecule has 0 aromatic rings. The zero-order chi connectivity index (χ0) is 4.41. The van der Waals surface area contributed by atoms with E-state index in [-0.39, 0.29) is 7.43 Å². The normalized spacial score (nSPS) is 15.7. The van der Waals surface area contributed by atoms with Crippen LogP contribution in [0.15, 0.2) is 23.2 Å². The number of hydrogen-bond donors (Lipinski definition) is 1. The Kier molecular flexibility index (Phi) is 2.60. The van der Waals surface area contributed by atoms with Gasteiger partial charge >= 0.3 is 0 Å². The molecule has 1 heterocycles. The van der Waals surface area contributed by atoms with Gasteiger partial charge in [0.15, 0.2) is 0 Å². The summed E-state index contributed by atoms with van der Waals surface area (Å²) in [4.78, 5) is 0. The summed E-state index contributed by atoms with van der Waals surface area (Å²) in [5.41, 5.74) is 0. The smallest absolute Gasteiger partial charge is 0.0691 e. The lowest BCUT2D eigenvalue weighted by Gasteiger charge is -1.85. The molecule has 0 saturated heterocycles. The Labute approximate surface area is 48.5 Å². The summed E-state index contributed by atoms with van der Waals surface area (Å²) < 4.78 is 0. The fourth-order valence-electron chi connectivity index (χ4n) is 0.277. The van der Waals surface area contributed by atoms with Crippen molar-refractivity contribution in [1.29, 1.82) is 0 Å². The highest BCUT2D eigenvalue weighted by molar-refractivity contribution is 8.06. The Bertz CT molecular complexity index is 86.3. The molecule has 1 N–H and O–H groups in total.